The van der Waals surface area contributed by atoms with Crippen LogP contribution < -0.4 is 5.32 Å². The van der Waals surface area contributed by atoms with Crippen molar-refractivity contribution in [3.63, 3.8) is 0 Å². The Hall–Kier alpha value is -1.40. The normalized spacial score (nSPS) is 12.5. The number of esters is 1. The van der Waals surface area contributed by atoms with E-state index in [1.54, 1.807) is 0 Å². The molecule has 0 rings (SSSR count). The van der Waals surface area contributed by atoms with Gasteiger partial charge in [0.15, 0.2) is 0 Å². The van der Waals surface area contributed by atoms with Crippen molar-refractivity contribution in [1.29, 1.82) is 0 Å². The molecule has 0 aromatic heterocycles. The van der Waals surface area contributed by atoms with Gasteiger partial charge in [-0.05, 0) is 51.4 Å². The van der Waals surface area contributed by atoms with E-state index in [9.17, 15) is 19.8 Å². The Balaban J connectivity index is 3.39. The molecule has 464 valence electrons. The maximum absolute atomic E-state index is 12.5. The average Bonchev–Trinajstić information content (AvgIpc) is 3.44. The molecular formula is C72H141NO5. The van der Waals surface area contributed by atoms with Gasteiger partial charge in [0.2, 0.25) is 5.91 Å². The molecule has 0 fully saturated rings. The summed E-state index contributed by atoms with van der Waals surface area (Å²) in [5, 5.41) is 23.4. The van der Waals surface area contributed by atoms with Crippen molar-refractivity contribution < 1.29 is 24.5 Å². The van der Waals surface area contributed by atoms with Gasteiger partial charge in [0.05, 0.1) is 25.4 Å². The highest BCUT2D eigenvalue weighted by Crippen LogP contribution is 2.19. The molecule has 2 atom stereocenters. The van der Waals surface area contributed by atoms with Gasteiger partial charge in [-0.2, -0.15) is 0 Å². The van der Waals surface area contributed by atoms with Crippen molar-refractivity contribution in [3.8, 4) is 0 Å². The van der Waals surface area contributed by atoms with Crippen molar-refractivity contribution in [1.82, 2.24) is 5.32 Å². The van der Waals surface area contributed by atoms with Gasteiger partial charge in [-0.25, -0.2) is 0 Å². The third-order valence-corrected chi connectivity index (χ3v) is 17.1. The lowest BCUT2D eigenvalue weighted by Crippen LogP contribution is -2.45. The Morgan fingerprint density at radius 2 is 0.603 bits per heavy atom. The molecule has 2 unspecified atom stereocenters. The minimum Gasteiger partial charge on any atom is -0.466 e. The van der Waals surface area contributed by atoms with E-state index in [1.165, 1.54) is 340 Å². The van der Waals surface area contributed by atoms with Gasteiger partial charge in [0, 0.05) is 12.8 Å². The molecule has 0 saturated heterocycles. The standard InChI is InChI=1S/C72H141NO5/c1-3-5-7-9-11-13-15-17-19-21-22-27-30-33-36-40-44-48-52-56-60-64-70(75)69(68-74)73-71(76)65-61-57-53-49-45-41-37-34-31-28-25-23-24-26-29-32-35-39-43-47-51-55-59-63-67-78-72(77)66-62-58-54-50-46-42-38-20-18-16-14-12-10-8-6-4-2/h25,28,69-70,74-75H,3-24,26-27,29-68H2,1-2H3,(H,73,76)/b28-25-. The number of rotatable bonds is 68. The second kappa shape index (κ2) is 68.1. The van der Waals surface area contributed by atoms with Crippen LogP contribution in [-0.4, -0.2) is 47.4 Å². The molecule has 0 radical (unpaired) electrons. The third kappa shape index (κ3) is 63.8. The third-order valence-electron chi connectivity index (χ3n) is 17.1. The Kier molecular flexibility index (Phi) is 66.9. The summed E-state index contributed by atoms with van der Waals surface area (Å²) in [6, 6.07) is -0.545. The van der Waals surface area contributed by atoms with Gasteiger partial charge in [-0.3, -0.25) is 9.59 Å². The predicted octanol–water partition coefficient (Wildman–Crippen LogP) is 23.1. The van der Waals surface area contributed by atoms with Gasteiger partial charge < -0.3 is 20.3 Å². The van der Waals surface area contributed by atoms with Crippen LogP contribution in [0.25, 0.3) is 0 Å². The number of hydrogen-bond donors (Lipinski definition) is 3. The first kappa shape index (κ1) is 76.6. The van der Waals surface area contributed by atoms with Crippen LogP contribution in [0.15, 0.2) is 12.2 Å². The van der Waals surface area contributed by atoms with Crippen LogP contribution in [0, 0.1) is 0 Å². The quantitative estimate of drug-likeness (QED) is 0.0320. The van der Waals surface area contributed by atoms with E-state index in [2.05, 4.69) is 31.3 Å². The maximum atomic E-state index is 12.5. The zero-order chi connectivity index (χ0) is 56.4. The summed E-state index contributed by atoms with van der Waals surface area (Å²) >= 11 is 0. The van der Waals surface area contributed by atoms with Crippen LogP contribution in [0.3, 0.4) is 0 Å². The van der Waals surface area contributed by atoms with E-state index in [1.807, 2.05) is 0 Å². The number of nitrogens with one attached hydrogen (secondary N) is 1. The molecule has 0 aliphatic heterocycles. The lowest BCUT2D eigenvalue weighted by Gasteiger charge is -2.22. The molecule has 1 amide bonds. The zero-order valence-corrected chi connectivity index (χ0v) is 53.2. The van der Waals surface area contributed by atoms with Crippen LogP contribution in [0.2, 0.25) is 0 Å². The van der Waals surface area contributed by atoms with Crippen molar-refractivity contribution in [3.05, 3.63) is 12.2 Å². The smallest absolute Gasteiger partial charge is 0.305 e. The molecule has 0 heterocycles. The molecule has 6 heteroatoms. The topological polar surface area (TPSA) is 95.9 Å². The molecule has 78 heavy (non-hydrogen) atoms. The summed E-state index contributed by atoms with van der Waals surface area (Å²) in [6.07, 6.45) is 84.0. The fraction of sp³-hybridized carbons (Fsp3) is 0.944. The van der Waals surface area contributed by atoms with Crippen LogP contribution >= 0.6 is 0 Å². The minimum atomic E-state index is -0.668. The molecule has 0 bridgehead atoms. The zero-order valence-electron chi connectivity index (χ0n) is 53.2. The highest BCUT2D eigenvalue weighted by atomic mass is 16.5. The molecule has 3 N–H and O–H groups in total. The Morgan fingerprint density at radius 1 is 0.346 bits per heavy atom. The number of hydrogen-bond acceptors (Lipinski definition) is 5. The lowest BCUT2D eigenvalue weighted by atomic mass is 10.0. The number of unbranched alkanes of at least 4 members (excludes halogenated alkanes) is 55. The van der Waals surface area contributed by atoms with E-state index in [4.69, 9.17) is 4.74 Å². The Morgan fingerprint density at radius 3 is 0.910 bits per heavy atom. The van der Waals surface area contributed by atoms with Gasteiger partial charge >= 0.3 is 5.97 Å². The molecule has 6 nitrogen and oxygen atoms in total. The molecule has 0 spiro atoms. The Labute approximate surface area is 489 Å². The second-order valence-corrected chi connectivity index (χ2v) is 24.9. The fourth-order valence-electron chi connectivity index (χ4n) is 11.6. The minimum absolute atomic E-state index is 0.0172. The van der Waals surface area contributed by atoms with E-state index < -0.39 is 12.1 Å². The van der Waals surface area contributed by atoms with E-state index in [0.717, 1.165) is 38.5 Å². The average molecular weight is 1100 g/mol. The second-order valence-electron chi connectivity index (χ2n) is 24.9. The number of ether oxygens (including phenoxy) is 1. The summed E-state index contributed by atoms with van der Waals surface area (Å²) in [6.45, 7) is 5.00. The molecular weight excluding hydrogens is 959 g/mol. The fourth-order valence-corrected chi connectivity index (χ4v) is 11.6. The van der Waals surface area contributed by atoms with E-state index in [-0.39, 0.29) is 18.5 Å². The first-order chi connectivity index (χ1) is 38.5. The largest absolute Gasteiger partial charge is 0.466 e. The van der Waals surface area contributed by atoms with Crippen LogP contribution in [0.1, 0.15) is 412 Å². The van der Waals surface area contributed by atoms with Gasteiger partial charge in [-0.1, -0.05) is 360 Å². The number of carbonyl (C=O) groups excluding carboxylic acids is 2. The van der Waals surface area contributed by atoms with Crippen LogP contribution in [0.4, 0.5) is 0 Å². The van der Waals surface area contributed by atoms with Crippen LogP contribution in [0.5, 0.6) is 0 Å². The summed E-state index contributed by atoms with van der Waals surface area (Å²) in [4.78, 5) is 24.6. The van der Waals surface area contributed by atoms with Gasteiger partial charge in [0.25, 0.3) is 0 Å². The summed E-state index contributed by atoms with van der Waals surface area (Å²) in [7, 11) is 0. The number of carbonyl (C=O) groups is 2. The van der Waals surface area contributed by atoms with Gasteiger partial charge in [-0.15, -0.1) is 0 Å². The monoisotopic (exact) mass is 1100 g/mol. The number of amides is 1. The molecule has 0 aliphatic carbocycles. The van der Waals surface area contributed by atoms with Crippen molar-refractivity contribution in [2.45, 2.75) is 424 Å². The van der Waals surface area contributed by atoms with Crippen molar-refractivity contribution in [2.24, 2.45) is 0 Å². The number of aliphatic hydroxyl groups is 2. The highest BCUT2D eigenvalue weighted by molar-refractivity contribution is 5.76. The Bertz CT molecular complexity index is 1180. The first-order valence-corrected chi connectivity index (χ1v) is 35.9. The van der Waals surface area contributed by atoms with Crippen molar-refractivity contribution >= 4 is 11.9 Å². The molecule has 0 aromatic carbocycles. The van der Waals surface area contributed by atoms with Gasteiger partial charge in [0.1, 0.15) is 0 Å². The van der Waals surface area contributed by atoms with Crippen molar-refractivity contribution in [2.75, 3.05) is 13.2 Å². The lowest BCUT2D eigenvalue weighted by molar-refractivity contribution is -0.143. The molecule has 0 aromatic rings. The maximum Gasteiger partial charge on any atom is 0.305 e. The van der Waals surface area contributed by atoms with E-state index in [0.29, 0.717) is 25.9 Å². The SMILES string of the molecule is CCCCCCCCCCCCCCCCCCCCCCCC(O)C(CO)NC(=O)CCCCCCCCCC/C=C\CCCCCCCCCCCCCCOC(=O)CCCCCCCCCCCCCCCCCC. The summed E-state index contributed by atoms with van der Waals surface area (Å²) in [5.41, 5.74) is 0. The van der Waals surface area contributed by atoms with Crippen LogP contribution in [-0.2, 0) is 14.3 Å². The highest BCUT2D eigenvalue weighted by Gasteiger charge is 2.20. The predicted molar refractivity (Wildman–Crippen MR) is 343 cm³/mol. The number of aliphatic hydroxyl groups excluding tert-OH is 2. The molecule has 0 saturated carbocycles. The van der Waals surface area contributed by atoms with E-state index >= 15 is 0 Å². The molecule has 0 aliphatic rings. The summed E-state index contributed by atoms with van der Waals surface area (Å²) in [5.74, 6) is -0.0173. The first-order valence-electron chi connectivity index (χ1n) is 35.9. The number of allylic oxidation sites excluding steroid dienone is 2. The summed E-state index contributed by atoms with van der Waals surface area (Å²) < 4.78 is 5.50.